The number of rotatable bonds is 6. The van der Waals surface area contributed by atoms with Gasteiger partial charge in [0.25, 0.3) is 5.91 Å². The molecule has 10 heteroatoms. The average Bonchev–Trinajstić information content (AvgIpc) is 3.58. The van der Waals surface area contributed by atoms with Gasteiger partial charge < -0.3 is 14.2 Å². The van der Waals surface area contributed by atoms with Gasteiger partial charge in [0.15, 0.2) is 0 Å². The molecule has 0 aliphatic carbocycles. The SMILES string of the molecule is COc1ccc(N2CC(c3nnc(NC(=O)c4c(-c5ccccc5)noc4C)s3)CC2=O)cc1. The molecule has 2 aromatic heterocycles. The third kappa shape index (κ3) is 4.15. The molecule has 9 nitrogen and oxygen atoms in total. The highest BCUT2D eigenvalue weighted by Crippen LogP contribution is 2.35. The lowest BCUT2D eigenvalue weighted by atomic mass is 10.1. The van der Waals surface area contributed by atoms with Crippen LogP contribution in [0.3, 0.4) is 0 Å². The monoisotopic (exact) mass is 475 g/mol. The number of aryl methyl sites for hydroxylation is 1. The van der Waals surface area contributed by atoms with Crippen LogP contribution in [0.25, 0.3) is 11.3 Å². The van der Waals surface area contributed by atoms with Crippen molar-refractivity contribution in [3.8, 4) is 17.0 Å². The Kier molecular flexibility index (Phi) is 5.81. The molecular weight excluding hydrogens is 454 g/mol. The molecule has 2 amide bonds. The quantitative estimate of drug-likeness (QED) is 0.443. The van der Waals surface area contributed by atoms with Crippen LogP contribution in [0, 0.1) is 6.92 Å². The fraction of sp³-hybridized carbons (Fsp3) is 0.208. The van der Waals surface area contributed by atoms with Crippen LogP contribution in [-0.2, 0) is 4.79 Å². The Balaban J connectivity index is 1.30. The van der Waals surface area contributed by atoms with Crippen LogP contribution in [0.5, 0.6) is 5.75 Å². The van der Waals surface area contributed by atoms with E-state index in [1.165, 1.54) is 11.3 Å². The lowest BCUT2D eigenvalue weighted by Crippen LogP contribution is -2.24. The third-order valence-electron chi connectivity index (χ3n) is 5.66. The first kappa shape index (κ1) is 21.8. The highest BCUT2D eigenvalue weighted by atomic mass is 32.1. The van der Waals surface area contributed by atoms with E-state index in [4.69, 9.17) is 9.26 Å². The van der Waals surface area contributed by atoms with E-state index in [0.717, 1.165) is 17.0 Å². The zero-order valence-corrected chi connectivity index (χ0v) is 19.3. The molecule has 172 valence electrons. The van der Waals surface area contributed by atoms with E-state index in [1.807, 2.05) is 54.6 Å². The van der Waals surface area contributed by atoms with Crippen molar-refractivity contribution in [2.45, 2.75) is 19.3 Å². The lowest BCUT2D eigenvalue weighted by molar-refractivity contribution is -0.117. The minimum Gasteiger partial charge on any atom is -0.497 e. The maximum absolute atomic E-state index is 13.0. The summed E-state index contributed by atoms with van der Waals surface area (Å²) in [5.41, 5.74) is 2.41. The van der Waals surface area contributed by atoms with Crippen LogP contribution in [0.1, 0.15) is 33.5 Å². The Morgan fingerprint density at radius 3 is 2.65 bits per heavy atom. The molecule has 34 heavy (non-hydrogen) atoms. The Morgan fingerprint density at radius 2 is 1.91 bits per heavy atom. The minimum atomic E-state index is -0.373. The molecule has 1 unspecified atom stereocenters. The molecule has 1 aliphatic heterocycles. The fourth-order valence-corrected chi connectivity index (χ4v) is 4.76. The van der Waals surface area contributed by atoms with Crippen LogP contribution >= 0.6 is 11.3 Å². The Hall–Kier alpha value is -4.05. The fourth-order valence-electron chi connectivity index (χ4n) is 3.93. The number of hydrogen-bond donors (Lipinski definition) is 1. The zero-order valence-electron chi connectivity index (χ0n) is 18.5. The van der Waals surface area contributed by atoms with Crippen LogP contribution < -0.4 is 15.0 Å². The summed E-state index contributed by atoms with van der Waals surface area (Å²) in [5, 5.41) is 16.3. The maximum atomic E-state index is 13.0. The second-order valence-corrected chi connectivity index (χ2v) is 8.84. The van der Waals surface area contributed by atoms with Crippen molar-refractivity contribution in [3.05, 3.63) is 70.9 Å². The number of carbonyl (C=O) groups excluding carboxylic acids is 2. The Morgan fingerprint density at radius 1 is 1.15 bits per heavy atom. The molecule has 1 atom stereocenters. The molecule has 0 bridgehead atoms. The molecular formula is C24H21N5O4S. The summed E-state index contributed by atoms with van der Waals surface area (Å²) in [4.78, 5) is 27.4. The van der Waals surface area contributed by atoms with Gasteiger partial charge >= 0.3 is 0 Å². The summed E-state index contributed by atoms with van der Waals surface area (Å²) in [7, 11) is 1.60. The molecule has 0 radical (unpaired) electrons. The van der Waals surface area contributed by atoms with Gasteiger partial charge in [0.2, 0.25) is 11.0 Å². The molecule has 1 fully saturated rings. The summed E-state index contributed by atoms with van der Waals surface area (Å²) in [5.74, 6) is 0.689. The van der Waals surface area contributed by atoms with Crippen molar-refractivity contribution in [1.29, 1.82) is 0 Å². The number of nitrogens with one attached hydrogen (secondary N) is 1. The number of carbonyl (C=O) groups is 2. The largest absolute Gasteiger partial charge is 0.497 e. The number of amides is 2. The highest BCUT2D eigenvalue weighted by molar-refractivity contribution is 7.15. The minimum absolute atomic E-state index is 0.0172. The molecule has 0 saturated carbocycles. The predicted molar refractivity (Wildman–Crippen MR) is 127 cm³/mol. The van der Waals surface area contributed by atoms with E-state index < -0.39 is 0 Å². The number of nitrogens with zero attached hydrogens (tertiary/aromatic N) is 4. The van der Waals surface area contributed by atoms with Crippen molar-refractivity contribution >= 4 is 34.0 Å². The van der Waals surface area contributed by atoms with Gasteiger partial charge in [-0.15, -0.1) is 10.2 Å². The second-order valence-electron chi connectivity index (χ2n) is 7.83. The van der Waals surface area contributed by atoms with Gasteiger partial charge in [0.05, 0.1) is 7.11 Å². The van der Waals surface area contributed by atoms with Crippen molar-refractivity contribution in [2.24, 2.45) is 0 Å². The molecule has 1 N–H and O–H groups in total. The number of aromatic nitrogens is 3. The summed E-state index contributed by atoms with van der Waals surface area (Å²) in [6, 6.07) is 16.7. The molecule has 1 aliphatic rings. The number of ether oxygens (including phenoxy) is 1. The third-order valence-corrected chi connectivity index (χ3v) is 6.66. The average molecular weight is 476 g/mol. The van der Waals surface area contributed by atoms with Crippen molar-refractivity contribution in [2.75, 3.05) is 23.9 Å². The molecule has 5 rings (SSSR count). The number of methoxy groups -OCH3 is 1. The van der Waals surface area contributed by atoms with Gasteiger partial charge in [0, 0.05) is 30.1 Å². The molecule has 2 aromatic carbocycles. The van der Waals surface area contributed by atoms with Crippen molar-refractivity contribution < 1.29 is 18.8 Å². The first-order valence-electron chi connectivity index (χ1n) is 10.6. The molecule has 1 saturated heterocycles. The number of hydrogen-bond acceptors (Lipinski definition) is 8. The standard InChI is InChI=1S/C24H21N5O4S/c1-14-20(21(28-33-14)15-6-4-3-5-7-15)22(31)25-24-27-26-23(34-24)16-12-19(30)29(13-16)17-8-10-18(32-2)11-9-17/h3-11,16H,12-13H2,1-2H3,(H,25,27,31). The summed E-state index contributed by atoms with van der Waals surface area (Å²) >= 11 is 1.26. The number of benzene rings is 2. The zero-order chi connectivity index (χ0) is 23.7. The molecule has 4 aromatic rings. The van der Waals surface area contributed by atoms with Gasteiger partial charge in [0.1, 0.15) is 27.8 Å². The smallest absolute Gasteiger partial charge is 0.263 e. The predicted octanol–water partition coefficient (Wildman–Crippen LogP) is 4.28. The summed E-state index contributed by atoms with van der Waals surface area (Å²) < 4.78 is 10.5. The van der Waals surface area contributed by atoms with E-state index in [1.54, 1.807) is 18.9 Å². The summed E-state index contributed by atoms with van der Waals surface area (Å²) in [6.07, 6.45) is 0.331. The van der Waals surface area contributed by atoms with Gasteiger partial charge in [-0.3, -0.25) is 14.9 Å². The molecule has 3 heterocycles. The van der Waals surface area contributed by atoms with Crippen LogP contribution in [-0.4, -0.2) is 40.8 Å². The summed E-state index contributed by atoms with van der Waals surface area (Å²) in [6.45, 7) is 2.19. The Bertz CT molecular complexity index is 1330. The van der Waals surface area contributed by atoms with Gasteiger partial charge in [-0.25, -0.2) is 0 Å². The van der Waals surface area contributed by atoms with Crippen LogP contribution in [0.2, 0.25) is 0 Å². The Labute approximate surface area is 199 Å². The van der Waals surface area contributed by atoms with E-state index in [9.17, 15) is 9.59 Å². The topological polar surface area (TPSA) is 110 Å². The van der Waals surface area contributed by atoms with Crippen LogP contribution in [0.4, 0.5) is 10.8 Å². The normalized spacial score (nSPS) is 15.5. The van der Waals surface area contributed by atoms with E-state index in [0.29, 0.717) is 40.1 Å². The van der Waals surface area contributed by atoms with Crippen molar-refractivity contribution in [3.63, 3.8) is 0 Å². The number of anilines is 2. The van der Waals surface area contributed by atoms with E-state index in [2.05, 4.69) is 20.7 Å². The maximum Gasteiger partial charge on any atom is 0.263 e. The lowest BCUT2D eigenvalue weighted by Gasteiger charge is -2.16. The van der Waals surface area contributed by atoms with Gasteiger partial charge in [-0.05, 0) is 31.2 Å². The van der Waals surface area contributed by atoms with E-state index in [-0.39, 0.29) is 17.7 Å². The highest BCUT2D eigenvalue weighted by Gasteiger charge is 2.34. The van der Waals surface area contributed by atoms with E-state index >= 15 is 0 Å². The first-order chi connectivity index (χ1) is 16.5. The van der Waals surface area contributed by atoms with Gasteiger partial charge in [-0.1, -0.05) is 46.8 Å². The van der Waals surface area contributed by atoms with Crippen molar-refractivity contribution in [1.82, 2.24) is 15.4 Å². The second kappa shape index (κ2) is 9.06. The van der Waals surface area contributed by atoms with Gasteiger partial charge in [-0.2, -0.15) is 0 Å². The first-order valence-corrected chi connectivity index (χ1v) is 11.5. The van der Waals surface area contributed by atoms with Crippen LogP contribution in [0.15, 0.2) is 59.1 Å². The molecule has 0 spiro atoms.